The largest absolute Gasteiger partial charge is 0.480 e. The summed E-state index contributed by atoms with van der Waals surface area (Å²) in [7, 11) is -3.10. The molecule has 4 N–H and O–H groups in total. The first-order chi connectivity index (χ1) is 31.6. The molecule has 2 amide bonds. The average Bonchev–Trinajstić information content (AvgIpc) is 4.02. The molecule has 1 saturated heterocycles. The fourth-order valence-corrected chi connectivity index (χ4v) is 7.64. The van der Waals surface area contributed by atoms with Crippen molar-refractivity contribution >= 4 is 88.8 Å². The number of terminal acetylenes is 1. The Morgan fingerprint density at radius 3 is 2.29 bits per heavy atom. The number of aryl methyl sites for hydroxylation is 2. The Hall–Kier alpha value is -4.05. The first-order valence-corrected chi connectivity index (χ1v) is 25.4. The lowest BCUT2D eigenvalue weighted by Crippen LogP contribution is -2.45. The van der Waals surface area contributed by atoms with Crippen LogP contribution in [0.3, 0.4) is 0 Å². The number of aromatic nitrogens is 2. The molecule has 0 saturated carbocycles. The molecule has 2 aromatic heterocycles. The lowest BCUT2D eigenvalue weighted by molar-refractivity contribution is -0.144. The van der Waals surface area contributed by atoms with Crippen LogP contribution in [0.1, 0.15) is 83.8 Å². The van der Waals surface area contributed by atoms with Crippen LogP contribution in [0.15, 0.2) is 62.4 Å². The number of amides is 2. The van der Waals surface area contributed by atoms with E-state index >= 15 is 0 Å². The van der Waals surface area contributed by atoms with Crippen molar-refractivity contribution in [3.8, 4) is 23.8 Å². The Kier molecular flexibility index (Phi) is 24.2. The number of anilines is 1. The SMILES string of the molecule is C#CCOc1cc(-n2nc(C(C)(C)C)oc2=O)c(Cl)cc1Cl.CC1(C)OC(c2ccco2)CN1C(=O)C(Cl)Cl.CCOCN(C(=O)CCl)c1c(C)cccc1CC.CP(=O)(O)CCC(N)C(=O)O. The number of carbonyl (C=O) groups excluding carboxylic acids is 2. The summed E-state index contributed by atoms with van der Waals surface area (Å²) < 4.78 is 38.6. The molecule has 3 atom stereocenters. The summed E-state index contributed by atoms with van der Waals surface area (Å²) in [6.45, 7) is 17.6. The van der Waals surface area contributed by atoms with E-state index in [1.165, 1.54) is 23.7 Å². The zero-order chi connectivity index (χ0) is 51.7. The summed E-state index contributed by atoms with van der Waals surface area (Å²) in [5.41, 5.74) is 7.37. The number of nitrogens with two attached hydrogens (primary N) is 1. The van der Waals surface area contributed by atoms with Crippen molar-refractivity contribution in [3.05, 3.63) is 92.1 Å². The Morgan fingerprint density at radius 1 is 1.13 bits per heavy atom. The second-order valence-electron chi connectivity index (χ2n) is 16.4. The molecule has 68 heavy (non-hydrogen) atoms. The highest BCUT2D eigenvalue weighted by molar-refractivity contribution is 7.57. The van der Waals surface area contributed by atoms with Gasteiger partial charge in [-0.2, -0.15) is 4.68 Å². The number of hydrogen-bond acceptors (Lipinski definition) is 12. The fourth-order valence-electron chi connectivity index (χ4n) is 5.98. The summed E-state index contributed by atoms with van der Waals surface area (Å²) in [4.78, 5) is 56.7. The van der Waals surface area contributed by atoms with Gasteiger partial charge in [0.15, 0.2) is 12.2 Å². The number of carbonyl (C=O) groups is 3. The van der Waals surface area contributed by atoms with Gasteiger partial charge >= 0.3 is 11.7 Å². The predicted molar refractivity (Wildman–Crippen MR) is 265 cm³/mol. The van der Waals surface area contributed by atoms with Crippen LogP contribution in [0.4, 0.5) is 5.69 Å². The highest BCUT2D eigenvalue weighted by atomic mass is 35.5. The van der Waals surface area contributed by atoms with Gasteiger partial charge in [-0.1, -0.05) is 98.2 Å². The van der Waals surface area contributed by atoms with Crippen molar-refractivity contribution in [2.24, 2.45) is 5.73 Å². The van der Waals surface area contributed by atoms with E-state index in [0.717, 1.165) is 27.9 Å². The van der Waals surface area contributed by atoms with Crippen LogP contribution in [-0.4, -0.2) is 104 Å². The second-order valence-corrected chi connectivity index (χ2v) is 21.1. The normalized spacial score (nSPS) is 15.3. The molecule has 2 aromatic carbocycles. The predicted octanol–water partition coefficient (Wildman–Crippen LogP) is 8.97. The topological polar surface area (TPSA) is 230 Å². The standard InChI is InChI=1S/C15H14Cl2N2O3.C14H20ClNO2.C11H13Cl2NO3.C5H12NO4P/c1-5-6-21-12-8-11(9(16)7-10(12)17)19-14(20)22-13(18-19)15(2,3)4;1-4-12-8-6-7-11(3)14(12)16(10-18-5-2)13(17)9-15;1-11(2)14(10(15)9(12)13)6-8(17-11)7-4-3-5-16-7;1-11(9,10)3-2-4(6)5(7)8/h1,7-8H,6H2,2-4H3;6-8H,4-5,9-10H2,1-3H3;3-5,8-9H,6H2,1-2H3;4H,2-3,6H2,1H3,(H,7,8)(H,9,10). The molecule has 0 aliphatic carbocycles. The monoisotopic (exact) mass is 1070 g/mol. The van der Waals surface area contributed by atoms with Crippen molar-refractivity contribution < 1.29 is 52.0 Å². The maximum Gasteiger partial charge on any atom is 0.442 e. The van der Waals surface area contributed by atoms with Crippen LogP contribution < -0.4 is 21.1 Å². The summed E-state index contributed by atoms with van der Waals surface area (Å²) in [6.07, 6.45) is 7.31. The number of benzene rings is 2. The fraction of sp³-hybridized carbons (Fsp3) is 0.489. The van der Waals surface area contributed by atoms with Crippen LogP contribution in [0.5, 0.6) is 5.75 Å². The van der Waals surface area contributed by atoms with Crippen molar-refractivity contribution in [3.63, 3.8) is 0 Å². The Balaban J connectivity index is 0.000000319. The maximum absolute atomic E-state index is 12.0. The lowest BCUT2D eigenvalue weighted by Gasteiger charge is -2.29. The van der Waals surface area contributed by atoms with Gasteiger partial charge in [0.25, 0.3) is 5.91 Å². The molecule has 3 heterocycles. The van der Waals surface area contributed by atoms with Gasteiger partial charge in [-0.05, 0) is 69.9 Å². The van der Waals surface area contributed by atoms with Gasteiger partial charge < -0.3 is 43.7 Å². The van der Waals surface area contributed by atoms with Crippen LogP contribution in [-0.2, 0) is 40.3 Å². The van der Waals surface area contributed by atoms with Gasteiger partial charge in [0.05, 0.1) is 34.2 Å². The molecule has 1 aliphatic heterocycles. The van der Waals surface area contributed by atoms with Crippen molar-refractivity contribution in [1.29, 1.82) is 0 Å². The third-order valence-electron chi connectivity index (χ3n) is 9.46. The Morgan fingerprint density at radius 2 is 1.79 bits per heavy atom. The first kappa shape index (κ1) is 60.1. The third-order valence-corrected chi connectivity index (χ3v) is 11.7. The zero-order valence-corrected chi connectivity index (χ0v) is 43.9. The number of alkyl halides is 3. The summed E-state index contributed by atoms with van der Waals surface area (Å²) in [5.74, 6) is 1.33. The van der Waals surface area contributed by atoms with Crippen molar-refractivity contribution in [2.45, 2.75) is 96.4 Å². The van der Waals surface area contributed by atoms with E-state index in [4.69, 9.17) is 103 Å². The second kappa shape index (κ2) is 27.4. The van der Waals surface area contributed by atoms with Crippen molar-refractivity contribution in [1.82, 2.24) is 14.7 Å². The minimum absolute atomic E-state index is 0.0371. The van der Waals surface area contributed by atoms with Crippen molar-refractivity contribution in [2.75, 3.05) is 50.1 Å². The molecule has 4 aromatic rings. The van der Waals surface area contributed by atoms with Gasteiger partial charge in [-0.3, -0.25) is 23.8 Å². The van der Waals surface area contributed by atoms with Crippen LogP contribution in [0.2, 0.25) is 10.0 Å². The maximum atomic E-state index is 12.0. The number of ether oxygens (including phenoxy) is 3. The van der Waals surface area contributed by atoms with E-state index in [9.17, 15) is 23.7 Å². The van der Waals surface area contributed by atoms with Crippen LogP contribution in [0, 0.1) is 19.3 Å². The van der Waals surface area contributed by atoms with E-state index in [1.807, 2.05) is 58.9 Å². The minimum atomic E-state index is -3.10. The van der Waals surface area contributed by atoms with E-state index in [0.29, 0.717) is 36.2 Å². The molecule has 3 unspecified atom stereocenters. The average molecular weight is 1070 g/mol. The molecule has 5 rings (SSSR count). The number of para-hydroxylation sites is 1. The molecule has 0 bridgehead atoms. The number of rotatable bonds is 15. The van der Waals surface area contributed by atoms with Gasteiger partial charge in [-0.25, -0.2) is 4.79 Å². The number of carboxylic acids is 1. The molecular formula is C45H59Cl5N5O12P. The molecule has 1 aliphatic rings. The molecule has 23 heteroatoms. The zero-order valence-electron chi connectivity index (χ0n) is 39.3. The van der Waals surface area contributed by atoms with Crippen LogP contribution in [0.25, 0.3) is 5.69 Å². The van der Waals surface area contributed by atoms with Gasteiger partial charge in [0, 0.05) is 30.9 Å². The molecule has 0 radical (unpaired) electrons. The number of halogens is 5. The highest BCUT2D eigenvalue weighted by Gasteiger charge is 2.45. The first-order valence-electron chi connectivity index (χ1n) is 20.9. The van der Waals surface area contributed by atoms with E-state index < -0.39 is 41.1 Å². The van der Waals surface area contributed by atoms with E-state index in [-0.39, 0.29) is 59.8 Å². The number of aliphatic carboxylic acids is 1. The summed E-state index contributed by atoms with van der Waals surface area (Å²) in [5, 5.41) is 13.0. The molecule has 17 nitrogen and oxygen atoms in total. The number of furan rings is 1. The van der Waals surface area contributed by atoms with Gasteiger partial charge in [0.2, 0.25) is 11.8 Å². The molecule has 1 fully saturated rings. The highest BCUT2D eigenvalue weighted by Crippen LogP contribution is 2.38. The smallest absolute Gasteiger partial charge is 0.442 e. The van der Waals surface area contributed by atoms with E-state index in [1.54, 1.807) is 31.1 Å². The lowest BCUT2D eigenvalue weighted by atomic mass is 9.97. The molecule has 0 spiro atoms. The molecular weight excluding hydrogens is 1010 g/mol. The minimum Gasteiger partial charge on any atom is -0.480 e. The Labute approximate surface area is 421 Å². The Bertz CT molecular complexity index is 2430. The molecule has 376 valence electrons. The quantitative estimate of drug-likeness (QED) is 0.0437. The third kappa shape index (κ3) is 18.4. The number of carboxylic acid groups (broad SMARTS) is 1. The van der Waals surface area contributed by atoms with Gasteiger partial charge in [0.1, 0.15) is 48.6 Å². The van der Waals surface area contributed by atoms with Gasteiger partial charge in [-0.15, -0.1) is 23.1 Å². The summed E-state index contributed by atoms with van der Waals surface area (Å²) in [6, 6.07) is 11.5. The number of hydrogen-bond donors (Lipinski definition) is 3. The van der Waals surface area contributed by atoms with Crippen LogP contribution >= 0.6 is 65.4 Å². The number of nitrogens with zero attached hydrogens (tertiary/aromatic N) is 4. The summed E-state index contributed by atoms with van der Waals surface area (Å²) >= 11 is 29.1. The van der Waals surface area contributed by atoms with E-state index in [2.05, 4.69) is 17.9 Å².